The van der Waals surface area contributed by atoms with Crippen molar-refractivity contribution in [1.29, 1.82) is 0 Å². The van der Waals surface area contributed by atoms with Gasteiger partial charge in [0.2, 0.25) is 5.91 Å². The highest BCUT2D eigenvalue weighted by Gasteiger charge is 2.37. The predicted molar refractivity (Wildman–Crippen MR) is 114 cm³/mol. The first-order valence-corrected chi connectivity index (χ1v) is 10.2. The second-order valence-electron chi connectivity index (χ2n) is 6.23. The summed E-state index contributed by atoms with van der Waals surface area (Å²) in [6, 6.07) is 5.87. The summed E-state index contributed by atoms with van der Waals surface area (Å²) in [7, 11) is 0. The first kappa shape index (κ1) is 20.4. The fraction of sp³-hybridized carbons (Fsp3) is 0.333. The quantitative estimate of drug-likeness (QED) is 0.341. The standard InChI is InChI=1S/C18H23ClN6O2S/c1-2-25-17(27)14(28-18(25)15(21)16(26)24-9-20)5-6-22-10-3-4-11-12(19)8-23-13(11)7-10/h3-4,7-8,14,22-23H,2,5-6,9,20-21H2,1H3,(H,24,26)/b18-15+. The molecule has 150 valence electrons. The summed E-state index contributed by atoms with van der Waals surface area (Å²) in [5.74, 6) is -0.507. The Morgan fingerprint density at radius 2 is 2.21 bits per heavy atom. The van der Waals surface area contributed by atoms with E-state index in [1.54, 1.807) is 11.1 Å². The van der Waals surface area contributed by atoms with E-state index >= 15 is 0 Å². The number of thioether (sulfide) groups is 1. The molecule has 1 unspecified atom stereocenters. The van der Waals surface area contributed by atoms with Gasteiger partial charge >= 0.3 is 0 Å². The molecule has 28 heavy (non-hydrogen) atoms. The zero-order valence-corrected chi connectivity index (χ0v) is 17.0. The molecular formula is C18H23ClN6O2S. The molecule has 2 heterocycles. The lowest BCUT2D eigenvalue weighted by Gasteiger charge is -2.16. The van der Waals surface area contributed by atoms with Gasteiger partial charge in [0.1, 0.15) is 10.7 Å². The summed E-state index contributed by atoms with van der Waals surface area (Å²) in [5, 5.41) is 7.63. The minimum atomic E-state index is -0.465. The number of H-pyrrole nitrogens is 1. The normalized spacial score (nSPS) is 18.6. The molecule has 1 saturated heterocycles. The van der Waals surface area contributed by atoms with Gasteiger partial charge in [0.05, 0.1) is 16.9 Å². The number of anilines is 1. The van der Waals surface area contributed by atoms with Crippen LogP contribution in [0.25, 0.3) is 10.9 Å². The van der Waals surface area contributed by atoms with E-state index in [1.165, 1.54) is 11.8 Å². The fourth-order valence-electron chi connectivity index (χ4n) is 3.05. The van der Waals surface area contributed by atoms with Gasteiger partial charge in [0.15, 0.2) is 0 Å². The van der Waals surface area contributed by atoms with Gasteiger partial charge in [-0.2, -0.15) is 0 Å². The summed E-state index contributed by atoms with van der Waals surface area (Å²) in [6.45, 7) is 2.89. The van der Waals surface area contributed by atoms with Crippen molar-refractivity contribution in [2.75, 3.05) is 25.1 Å². The molecule has 1 aliphatic rings. The van der Waals surface area contributed by atoms with Crippen LogP contribution in [0.3, 0.4) is 0 Å². The Hall–Kier alpha value is -2.36. The Balaban J connectivity index is 1.64. The van der Waals surface area contributed by atoms with Crippen molar-refractivity contribution in [1.82, 2.24) is 15.2 Å². The minimum absolute atomic E-state index is 0.0126. The maximum atomic E-state index is 12.7. The number of fused-ring (bicyclic) bond motifs is 1. The van der Waals surface area contributed by atoms with Gasteiger partial charge in [-0.05, 0) is 31.5 Å². The Morgan fingerprint density at radius 1 is 1.43 bits per heavy atom. The molecule has 1 aliphatic heterocycles. The van der Waals surface area contributed by atoms with Crippen LogP contribution >= 0.6 is 23.4 Å². The molecule has 0 saturated carbocycles. The van der Waals surface area contributed by atoms with E-state index in [0.717, 1.165) is 16.6 Å². The molecule has 1 atom stereocenters. The van der Waals surface area contributed by atoms with Gasteiger partial charge in [-0.15, -0.1) is 0 Å². The molecule has 2 aromatic rings. The maximum Gasteiger partial charge on any atom is 0.270 e. The van der Waals surface area contributed by atoms with Crippen molar-refractivity contribution < 1.29 is 9.59 Å². The zero-order valence-electron chi connectivity index (χ0n) is 15.4. The van der Waals surface area contributed by atoms with Crippen molar-refractivity contribution >= 4 is 51.8 Å². The molecule has 0 radical (unpaired) electrons. The zero-order chi connectivity index (χ0) is 20.3. The Labute approximate surface area is 172 Å². The summed E-state index contributed by atoms with van der Waals surface area (Å²) in [5.41, 5.74) is 13.2. The lowest BCUT2D eigenvalue weighted by Crippen LogP contribution is -2.36. The van der Waals surface area contributed by atoms with E-state index in [0.29, 0.717) is 29.6 Å². The van der Waals surface area contributed by atoms with E-state index in [1.807, 2.05) is 25.1 Å². The Morgan fingerprint density at radius 3 is 2.93 bits per heavy atom. The van der Waals surface area contributed by atoms with Crippen LogP contribution in [0.1, 0.15) is 13.3 Å². The molecule has 7 N–H and O–H groups in total. The van der Waals surface area contributed by atoms with Gasteiger partial charge in [0, 0.05) is 35.9 Å². The monoisotopic (exact) mass is 422 g/mol. The number of carbonyl (C=O) groups is 2. The van der Waals surface area contributed by atoms with Crippen molar-refractivity contribution in [3.63, 3.8) is 0 Å². The topological polar surface area (TPSA) is 129 Å². The number of rotatable bonds is 7. The smallest absolute Gasteiger partial charge is 0.270 e. The molecule has 1 fully saturated rings. The first-order chi connectivity index (χ1) is 13.5. The van der Waals surface area contributed by atoms with Gasteiger partial charge in [-0.3, -0.25) is 9.59 Å². The third kappa shape index (κ3) is 4.06. The van der Waals surface area contributed by atoms with Crippen molar-refractivity contribution in [2.45, 2.75) is 18.6 Å². The van der Waals surface area contributed by atoms with E-state index in [2.05, 4.69) is 15.6 Å². The first-order valence-electron chi connectivity index (χ1n) is 8.92. The molecule has 1 aromatic heterocycles. The average Bonchev–Trinajstić information content (AvgIpc) is 3.21. The number of halogens is 1. The van der Waals surface area contributed by atoms with Gasteiger partial charge in [-0.25, -0.2) is 0 Å². The third-order valence-corrected chi connectivity index (χ3v) is 6.16. The van der Waals surface area contributed by atoms with Crippen molar-refractivity contribution in [2.24, 2.45) is 11.5 Å². The highest BCUT2D eigenvalue weighted by atomic mass is 35.5. The number of hydrogen-bond donors (Lipinski definition) is 5. The van der Waals surface area contributed by atoms with Crippen molar-refractivity contribution in [3.05, 3.63) is 40.1 Å². The van der Waals surface area contributed by atoms with Crippen LogP contribution in [0.4, 0.5) is 5.69 Å². The molecule has 0 spiro atoms. The number of carbonyl (C=O) groups excluding carboxylic acids is 2. The SMILES string of the molecule is CCN1C(=O)C(CCNc2ccc3c(Cl)c[nH]c3c2)S/C1=C(/N)C(=O)NCN. The summed E-state index contributed by atoms with van der Waals surface area (Å²) < 4.78 is 0. The number of nitrogens with one attached hydrogen (secondary N) is 3. The van der Waals surface area contributed by atoms with E-state index in [4.69, 9.17) is 23.1 Å². The second kappa shape index (κ2) is 8.76. The van der Waals surface area contributed by atoms with Crippen molar-refractivity contribution in [3.8, 4) is 0 Å². The highest BCUT2D eigenvalue weighted by molar-refractivity contribution is 8.04. The van der Waals surface area contributed by atoms with E-state index in [9.17, 15) is 9.59 Å². The molecule has 10 heteroatoms. The number of nitrogens with two attached hydrogens (primary N) is 2. The van der Waals surface area contributed by atoms with Gasteiger partial charge < -0.3 is 32.0 Å². The number of aromatic nitrogens is 1. The average molecular weight is 423 g/mol. The largest absolute Gasteiger partial charge is 0.392 e. The number of hydrogen-bond acceptors (Lipinski definition) is 6. The van der Waals surface area contributed by atoms with Crippen LogP contribution < -0.4 is 22.1 Å². The molecule has 2 amide bonds. The number of nitrogens with zero attached hydrogens (tertiary/aromatic N) is 1. The van der Waals surface area contributed by atoms with Crippen LogP contribution in [0, 0.1) is 0 Å². The van der Waals surface area contributed by atoms with Crippen LogP contribution in [-0.4, -0.2) is 46.7 Å². The predicted octanol–water partition coefficient (Wildman–Crippen LogP) is 1.75. The van der Waals surface area contributed by atoms with E-state index < -0.39 is 5.91 Å². The summed E-state index contributed by atoms with van der Waals surface area (Å²) in [6.07, 6.45) is 2.35. The molecule has 0 bridgehead atoms. The lowest BCUT2D eigenvalue weighted by molar-refractivity contribution is -0.127. The Bertz CT molecular complexity index is 928. The second-order valence-corrected chi connectivity index (χ2v) is 7.83. The molecule has 0 aliphatic carbocycles. The van der Waals surface area contributed by atoms with E-state index in [-0.39, 0.29) is 23.5 Å². The number of benzene rings is 1. The molecule has 3 rings (SSSR count). The summed E-state index contributed by atoms with van der Waals surface area (Å²) >= 11 is 7.41. The van der Waals surface area contributed by atoms with Crippen LogP contribution in [0.2, 0.25) is 5.02 Å². The number of aromatic amines is 1. The van der Waals surface area contributed by atoms with Crippen LogP contribution in [0.15, 0.2) is 35.1 Å². The highest BCUT2D eigenvalue weighted by Crippen LogP contribution is 2.37. The van der Waals surface area contributed by atoms with Crippen LogP contribution in [-0.2, 0) is 9.59 Å². The maximum absolute atomic E-state index is 12.7. The molecule has 1 aromatic carbocycles. The lowest BCUT2D eigenvalue weighted by atomic mass is 10.2. The van der Waals surface area contributed by atoms with Gasteiger partial charge in [0.25, 0.3) is 5.91 Å². The minimum Gasteiger partial charge on any atom is -0.392 e. The Kier molecular flexibility index (Phi) is 6.38. The number of amides is 2. The third-order valence-electron chi connectivity index (χ3n) is 4.46. The van der Waals surface area contributed by atoms with Gasteiger partial charge in [-0.1, -0.05) is 23.4 Å². The summed E-state index contributed by atoms with van der Waals surface area (Å²) in [4.78, 5) is 29.3. The molecule has 8 nitrogen and oxygen atoms in total. The van der Waals surface area contributed by atoms with Crippen LogP contribution in [0.5, 0.6) is 0 Å². The molecular weight excluding hydrogens is 400 g/mol. The fourth-order valence-corrected chi connectivity index (χ4v) is 4.57.